The van der Waals surface area contributed by atoms with E-state index in [4.69, 9.17) is 0 Å². The largest absolute Gasteiger partial charge is 0.367 e. The van der Waals surface area contributed by atoms with E-state index in [-0.39, 0.29) is 23.8 Å². The lowest BCUT2D eigenvalue weighted by molar-refractivity contribution is -0.132. The van der Waals surface area contributed by atoms with Crippen LogP contribution in [0.5, 0.6) is 0 Å². The van der Waals surface area contributed by atoms with E-state index in [0.29, 0.717) is 36.9 Å². The van der Waals surface area contributed by atoms with Crippen molar-refractivity contribution in [1.82, 2.24) is 19.7 Å². The van der Waals surface area contributed by atoms with Gasteiger partial charge in [-0.1, -0.05) is 32.9 Å². The summed E-state index contributed by atoms with van der Waals surface area (Å²) in [5.74, 6) is -0.108. The Morgan fingerprint density at radius 2 is 1.79 bits per heavy atom. The number of rotatable bonds is 5. The summed E-state index contributed by atoms with van der Waals surface area (Å²) in [5, 5.41) is 9.95. The maximum atomic E-state index is 13.1. The van der Waals surface area contributed by atoms with E-state index in [0.717, 1.165) is 22.8 Å². The molecule has 0 radical (unpaired) electrons. The first-order valence-electron chi connectivity index (χ1n) is 11.5. The Bertz CT molecular complexity index is 1180. The minimum Gasteiger partial charge on any atom is -0.367 e. The Morgan fingerprint density at radius 3 is 2.41 bits per heavy atom. The molecule has 0 saturated carbocycles. The summed E-state index contributed by atoms with van der Waals surface area (Å²) >= 11 is 1.44. The van der Waals surface area contributed by atoms with Crippen molar-refractivity contribution in [2.45, 2.75) is 46.6 Å². The number of benzene rings is 1. The van der Waals surface area contributed by atoms with E-state index in [1.54, 1.807) is 4.68 Å². The number of nitrogens with zero attached hydrogens (tertiary/aromatic N) is 5. The molecule has 0 atom stereocenters. The van der Waals surface area contributed by atoms with E-state index < -0.39 is 0 Å². The van der Waals surface area contributed by atoms with E-state index in [2.05, 4.69) is 41.1 Å². The van der Waals surface area contributed by atoms with Gasteiger partial charge in [0.1, 0.15) is 6.54 Å². The highest BCUT2D eigenvalue weighted by Crippen LogP contribution is 2.28. The third-order valence-electron chi connectivity index (χ3n) is 6.00. The van der Waals surface area contributed by atoms with Crippen LogP contribution < -0.4 is 10.2 Å². The van der Waals surface area contributed by atoms with Gasteiger partial charge >= 0.3 is 0 Å². The van der Waals surface area contributed by atoms with Crippen molar-refractivity contribution in [3.8, 4) is 0 Å². The first-order chi connectivity index (χ1) is 16.1. The second-order valence-corrected chi connectivity index (χ2v) is 10.6. The minimum atomic E-state index is -0.173. The molecule has 34 heavy (non-hydrogen) atoms. The summed E-state index contributed by atoms with van der Waals surface area (Å²) in [4.78, 5) is 34.5. The Balaban J connectivity index is 1.40. The predicted molar refractivity (Wildman–Crippen MR) is 136 cm³/mol. The topological polar surface area (TPSA) is 83.4 Å². The molecule has 3 heterocycles. The second-order valence-electron chi connectivity index (χ2n) is 9.71. The number of thiazole rings is 1. The zero-order valence-electron chi connectivity index (χ0n) is 20.5. The molecule has 2 amide bonds. The number of amides is 2. The monoisotopic (exact) mass is 480 g/mol. The molecular weight excluding hydrogens is 448 g/mol. The van der Waals surface area contributed by atoms with Gasteiger partial charge in [-0.2, -0.15) is 5.10 Å². The number of hydrogen-bond acceptors (Lipinski definition) is 6. The van der Waals surface area contributed by atoms with Crippen LogP contribution in [0.4, 0.5) is 10.8 Å². The highest BCUT2D eigenvalue weighted by atomic mass is 32.1. The maximum Gasteiger partial charge on any atom is 0.259 e. The predicted octanol–water partition coefficient (Wildman–Crippen LogP) is 3.86. The van der Waals surface area contributed by atoms with Crippen LogP contribution in [0.15, 0.2) is 35.7 Å². The lowest BCUT2D eigenvalue weighted by Crippen LogP contribution is -2.50. The molecule has 0 aliphatic carbocycles. The fraction of sp³-hybridized carbons (Fsp3) is 0.440. The third-order valence-corrected chi connectivity index (χ3v) is 6.76. The highest BCUT2D eigenvalue weighted by molar-refractivity contribution is 7.14. The van der Waals surface area contributed by atoms with Crippen molar-refractivity contribution in [3.63, 3.8) is 0 Å². The van der Waals surface area contributed by atoms with Crippen LogP contribution >= 0.6 is 11.3 Å². The number of hydrogen-bond donors (Lipinski definition) is 1. The fourth-order valence-corrected chi connectivity index (χ4v) is 4.97. The first-order valence-corrected chi connectivity index (χ1v) is 12.4. The molecule has 0 spiro atoms. The molecule has 3 aromatic rings. The van der Waals surface area contributed by atoms with Crippen molar-refractivity contribution in [3.05, 3.63) is 58.4 Å². The quantitative estimate of drug-likeness (QED) is 0.600. The SMILES string of the molecule is Cc1cc(C)n(CC(=O)N2CCN(c3ccccc3C(=O)Nc3nc(C(C)(C)C)cs3)CC2)n1. The summed E-state index contributed by atoms with van der Waals surface area (Å²) < 4.78 is 1.76. The van der Waals surface area contributed by atoms with Crippen molar-refractivity contribution >= 4 is 34.0 Å². The second kappa shape index (κ2) is 9.58. The van der Waals surface area contributed by atoms with Gasteiger partial charge in [0.25, 0.3) is 5.91 Å². The van der Waals surface area contributed by atoms with Crippen LogP contribution in [0.3, 0.4) is 0 Å². The number of carbonyl (C=O) groups excluding carboxylic acids is 2. The first kappa shape index (κ1) is 23.9. The Labute approximate surface area is 204 Å². The van der Waals surface area contributed by atoms with Crippen LogP contribution in [0.2, 0.25) is 0 Å². The van der Waals surface area contributed by atoms with Gasteiger partial charge in [-0.05, 0) is 32.0 Å². The summed E-state index contributed by atoms with van der Waals surface area (Å²) in [5.41, 5.74) is 4.28. The molecule has 2 aromatic heterocycles. The van der Waals surface area contributed by atoms with Crippen LogP contribution in [0.25, 0.3) is 0 Å². The average molecular weight is 481 g/mol. The molecule has 180 valence electrons. The molecule has 1 aromatic carbocycles. The third kappa shape index (κ3) is 5.30. The molecule has 1 saturated heterocycles. The standard InChI is InChI=1S/C25H32N6O2S/c1-17-14-18(2)31(28-17)15-22(32)30-12-10-29(11-13-30)20-9-7-6-8-19(20)23(33)27-24-26-21(16-34-24)25(3,4)5/h6-9,14,16H,10-13,15H2,1-5H3,(H,26,27,33). The van der Waals surface area contributed by atoms with E-state index in [9.17, 15) is 9.59 Å². The molecular formula is C25H32N6O2S. The molecule has 0 unspecified atom stereocenters. The number of nitrogens with one attached hydrogen (secondary N) is 1. The fourth-order valence-electron chi connectivity index (χ4n) is 4.04. The van der Waals surface area contributed by atoms with E-state index >= 15 is 0 Å². The summed E-state index contributed by atoms with van der Waals surface area (Å²) in [6.07, 6.45) is 0. The number of piperazine rings is 1. The maximum absolute atomic E-state index is 13.1. The molecule has 4 rings (SSSR count). The highest BCUT2D eigenvalue weighted by Gasteiger charge is 2.25. The molecule has 9 heteroatoms. The van der Waals surface area contributed by atoms with Gasteiger partial charge in [0.05, 0.1) is 17.0 Å². The smallest absolute Gasteiger partial charge is 0.259 e. The van der Waals surface area contributed by atoms with Crippen molar-refractivity contribution in [1.29, 1.82) is 0 Å². The minimum absolute atomic E-state index is 0.0651. The van der Waals surface area contributed by atoms with Crippen LogP contribution in [0, 0.1) is 13.8 Å². The van der Waals surface area contributed by atoms with Gasteiger partial charge in [0, 0.05) is 48.4 Å². The average Bonchev–Trinajstić information content (AvgIpc) is 3.39. The zero-order valence-corrected chi connectivity index (χ0v) is 21.3. The molecule has 1 aliphatic heterocycles. The van der Waals surface area contributed by atoms with Gasteiger partial charge in [0.2, 0.25) is 5.91 Å². The Hall–Kier alpha value is -3.20. The lowest BCUT2D eigenvalue weighted by Gasteiger charge is -2.36. The lowest BCUT2D eigenvalue weighted by atomic mass is 9.93. The number of aromatic nitrogens is 3. The number of carbonyl (C=O) groups is 2. The number of aryl methyl sites for hydroxylation is 2. The van der Waals surface area contributed by atoms with Gasteiger partial charge in [0.15, 0.2) is 5.13 Å². The van der Waals surface area contributed by atoms with Gasteiger partial charge in [-0.25, -0.2) is 4.98 Å². The number of anilines is 2. The summed E-state index contributed by atoms with van der Waals surface area (Å²) in [6.45, 7) is 13.0. The Morgan fingerprint density at radius 1 is 1.09 bits per heavy atom. The summed E-state index contributed by atoms with van der Waals surface area (Å²) in [7, 11) is 0. The summed E-state index contributed by atoms with van der Waals surface area (Å²) in [6, 6.07) is 9.58. The Kier molecular flexibility index (Phi) is 6.74. The van der Waals surface area contributed by atoms with E-state index in [1.807, 2.05) is 54.5 Å². The van der Waals surface area contributed by atoms with Gasteiger partial charge in [-0.3, -0.25) is 19.6 Å². The molecule has 1 N–H and O–H groups in total. The normalized spacial score (nSPS) is 14.4. The van der Waals surface area contributed by atoms with Crippen molar-refractivity contribution in [2.75, 3.05) is 36.4 Å². The molecule has 0 bridgehead atoms. The zero-order chi connectivity index (χ0) is 24.5. The van der Waals surface area contributed by atoms with Crippen LogP contribution in [-0.4, -0.2) is 57.7 Å². The number of para-hydroxylation sites is 1. The van der Waals surface area contributed by atoms with Crippen molar-refractivity contribution < 1.29 is 9.59 Å². The van der Waals surface area contributed by atoms with Crippen LogP contribution in [-0.2, 0) is 16.8 Å². The van der Waals surface area contributed by atoms with Gasteiger partial charge in [-0.15, -0.1) is 11.3 Å². The van der Waals surface area contributed by atoms with E-state index in [1.165, 1.54) is 11.3 Å². The van der Waals surface area contributed by atoms with Gasteiger partial charge < -0.3 is 9.80 Å². The van der Waals surface area contributed by atoms with Crippen molar-refractivity contribution in [2.24, 2.45) is 0 Å². The molecule has 1 fully saturated rings. The molecule has 8 nitrogen and oxygen atoms in total. The van der Waals surface area contributed by atoms with Crippen LogP contribution in [0.1, 0.15) is 48.2 Å². The molecule has 1 aliphatic rings.